The first-order valence-corrected chi connectivity index (χ1v) is 11.0. The van der Waals surface area contributed by atoms with Crippen LogP contribution in [0.2, 0.25) is 0 Å². The van der Waals surface area contributed by atoms with Crippen LogP contribution >= 0.6 is 27.3 Å². The van der Waals surface area contributed by atoms with E-state index in [1.54, 1.807) is 30.7 Å². The first kappa shape index (κ1) is 20.4. The molecule has 30 heavy (non-hydrogen) atoms. The summed E-state index contributed by atoms with van der Waals surface area (Å²) in [7, 11) is 0. The summed E-state index contributed by atoms with van der Waals surface area (Å²) in [5.41, 5.74) is 2.19. The van der Waals surface area contributed by atoms with Crippen molar-refractivity contribution in [1.29, 1.82) is 0 Å². The fourth-order valence-electron chi connectivity index (χ4n) is 3.35. The molecule has 1 aliphatic heterocycles. The molecule has 1 atom stereocenters. The molecule has 6 nitrogen and oxygen atoms in total. The van der Waals surface area contributed by atoms with Crippen molar-refractivity contribution >= 4 is 39.3 Å². The Morgan fingerprint density at radius 1 is 1.27 bits per heavy atom. The van der Waals surface area contributed by atoms with Crippen molar-refractivity contribution in [3.8, 4) is 0 Å². The molecule has 0 aliphatic carbocycles. The number of carbonyl (C=O) groups is 1. The molecule has 0 amide bonds. The number of fused-ring (bicyclic) bond motifs is 1. The van der Waals surface area contributed by atoms with Crippen LogP contribution in [0, 0.1) is 0 Å². The summed E-state index contributed by atoms with van der Waals surface area (Å²) in [4.78, 5) is 35.5. The Bertz CT molecular complexity index is 1310. The minimum atomic E-state index is -0.612. The molecule has 0 unspecified atom stereocenters. The van der Waals surface area contributed by atoms with Crippen molar-refractivity contribution in [3.05, 3.63) is 95.3 Å². The molecule has 0 fully saturated rings. The zero-order valence-corrected chi connectivity index (χ0v) is 18.7. The van der Waals surface area contributed by atoms with Crippen LogP contribution in [0.5, 0.6) is 0 Å². The highest BCUT2D eigenvalue weighted by Gasteiger charge is 2.33. The molecule has 2 aromatic heterocycles. The van der Waals surface area contributed by atoms with Crippen LogP contribution in [-0.4, -0.2) is 22.1 Å². The van der Waals surface area contributed by atoms with E-state index in [0.717, 1.165) is 10.0 Å². The molecule has 0 N–H and O–H groups in total. The molecule has 0 spiro atoms. The predicted octanol–water partition coefficient (Wildman–Crippen LogP) is 2.96. The van der Waals surface area contributed by atoms with Crippen LogP contribution in [0.15, 0.2) is 74.2 Å². The van der Waals surface area contributed by atoms with Gasteiger partial charge in [0.25, 0.3) is 5.56 Å². The fourth-order valence-corrected chi connectivity index (χ4v) is 4.64. The van der Waals surface area contributed by atoms with E-state index in [1.165, 1.54) is 11.3 Å². The summed E-state index contributed by atoms with van der Waals surface area (Å²) in [5.74, 6) is -0.467. The smallest absolute Gasteiger partial charge is 0.338 e. The van der Waals surface area contributed by atoms with Gasteiger partial charge in [-0.1, -0.05) is 45.5 Å². The lowest BCUT2D eigenvalue weighted by Gasteiger charge is -2.24. The Hall–Kier alpha value is -2.84. The van der Waals surface area contributed by atoms with Gasteiger partial charge in [0.05, 0.1) is 34.1 Å². The summed E-state index contributed by atoms with van der Waals surface area (Å²) in [5, 5.41) is 0. The molecule has 0 bridgehead atoms. The van der Waals surface area contributed by atoms with Crippen molar-refractivity contribution in [2.45, 2.75) is 19.9 Å². The lowest BCUT2D eigenvalue weighted by molar-refractivity contribution is -0.139. The molecule has 152 valence electrons. The maximum Gasteiger partial charge on any atom is 0.338 e. The highest BCUT2D eigenvalue weighted by molar-refractivity contribution is 9.10. The SMILES string of the molecule is CCOC(=O)C1=C(C)N=c2s/c(=C\c3ccccn3)c(=O)n2[C@H]1c1ccc(Br)cc1. The number of hydrogen-bond acceptors (Lipinski definition) is 6. The predicted molar refractivity (Wildman–Crippen MR) is 119 cm³/mol. The van der Waals surface area contributed by atoms with Gasteiger partial charge < -0.3 is 4.74 Å². The average Bonchev–Trinajstić information content (AvgIpc) is 3.03. The van der Waals surface area contributed by atoms with E-state index in [4.69, 9.17) is 4.74 Å². The Morgan fingerprint density at radius 3 is 2.70 bits per heavy atom. The first-order valence-electron chi connectivity index (χ1n) is 9.35. The van der Waals surface area contributed by atoms with Gasteiger partial charge in [-0.05, 0) is 49.8 Å². The number of benzene rings is 1. The Morgan fingerprint density at radius 2 is 2.03 bits per heavy atom. The summed E-state index contributed by atoms with van der Waals surface area (Å²) < 4.78 is 8.28. The van der Waals surface area contributed by atoms with Gasteiger partial charge in [-0.3, -0.25) is 14.3 Å². The molecule has 3 heterocycles. The van der Waals surface area contributed by atoms with Gasteiger partial charge in [0, 0.05) is 10.7 Å². The third-order valence-electron chi connectivity index (χ3n) is 4.67. The number of thiazole rings is 1. The monoisotopic (exact) mass is 483 g/mol. The first-order chi connectivity index (χ1) is 14.5. The van der Waals surface area contributed by atoms with Crippen LogP contribution in [0.1, 0.15) is 31.1 Å². The Labute approximate surface area is 185 Å². The highest BCUT2D eigenvalue weighted by Crippen LogP contribution is 2.31. The second-order valence-electron chi connectivity index (χ2n) is 6.61. The maximum atomic E-state index is 13.4. The van der Waals surface area contributed by atoms with Gasteiger partial charge in [-0.2, -0.15) is 0 Å². The van der Waals surface area contributed by atoms with Gasteiger partial charge in [-0.15, -0.1) is 0 Å². The number of carbonyl (C=O) groups excluding carboxylic acids is 1. The van der Waals surface area contributed by atoms with E-state index < -0.39 is 12.0 Å². The summed E-state index contributed by atoms with van der Waals surface area (Å²) in [6.07, 6.45) is 3.42. The van der Waals surface area contributed by atoms with Crippen LogP contribution in [0.25, 0.3) is 6.08 Å². The van der Waals surface area contributed by atoms with Crippen molar-refractivity contribution in [2.24, 2.45) is 4.99 Å². The summed E-state index contributed by atoms with van der Waals surface area (Å²) in [6.45, 7) is 3.77. The zero-order chi connectivity index (χ0) is 21.3. The van der Waals surface area contributed by atoms with Crippen LogP contribution in [0.4, 0.5) is 0 Å². The van der Waals surface area contributed by atoms with E-state index >= 15 is 0 Å². The number of nitrogens with zero attached hydrogens (tertiary/aromatic N) is 3. The average molecular weight is 484 g/mol. The Kier molecular flexibility index (Phi) is 5.78. The molecular formula is C22H18BrN3O3S. The van der Waals surface area contributed by atoms with E-state index in [0.29, 0.717) is 26.3 Å². The number of allylic oxidation sites excluding steroid dienone is 1. The molecule has 4 rings (SSSR count). The summed E-state index contributed by atoms with van der Waals surface area (Å²) >= 11 is 4.72. The number of halogens is 1. The molecule has 0 saturated carbocycles. The fraction of sp³-hybridized carbons (Fsp3) is 0.182. The van der Waals surface area contributed by atoms with Crippen molar-refractivity contribution in [2.75, 3.05) is 6.61 Å². The molecule has 8 heteroatoms. The minimum Gasteiger partial charge on any atom is -0.463 e. The van der Waals surface area contributed by atoms with Gasteiger partial charge in [-0.25, -0.2) is 9.79 Å². The minimum absolute atomic E-state index is 0.216. The van der Waals surface area contributed by atoms with Crippen molar-refractivity contribution < 1.29 is 9.53 Å². The largest absolute Gasteiger partial charge is 0.463 e. The standard InChI is InChI=1S/C22H18BrN3O3S/c1-3-29-21(28)18-13(2)25-22-26(19(18)14-7-9-15(23)10-8-14)20(27)17(30-22)12-16-6-4-5-11-24-16/h4-12,19H,3H2,1-2H3/b17-12-/t19-/m0/s1. The van der Waals surface area contributed by atoms with Gasteiger partial charge >= 0.3 is 5.97 Å². The van der Waals surface area contributed by atoms with E-state index in [9.17, 15) is 9.59 Å². The van der Waals surface area contributed by atoms with E-state index in [1.807, 2.05) is 42.5 Å². The molecule has 0 radical (unpaired) electrons. The van der Waals surface area contributed by atoms with Gasteiger partial charge in [0.15, 0.2) is 4.80 Å². The lowest BCUT2D eigenvalue weighted by Crippen LogP contribution is -2.39. The molecule has 0 saturated heterocycles. The van der Waals surface area contributed by atoms with Crippen molar-refractivity contribution in [1.82, 2.24) is 9.55 Å². The van der Waals surface area contributed by atoms with Crippen molar-refractivity contribution in [3.63, 3.8) is 0 Å². The van der Waals surface area contributed by atoms with Crippen LogP contribution < -0.4 is 14.9 Å². The summed E-state index contributed by atoms with van der Waals surface area (Å²) in [6, 6.07) is 12.5. The van der Waals surface area contributed by atoms with Gasteiger partial charge in [0.1, 0.15) is 0 Å². The van der Waals surface area contributed by atoms with Gasteiger partial charge in [0.2, 0.25) is 0 Å². The maximum absolute atomic E-state index is 13.4. The Balaban J connectivity index is 1.96. The highest BCUT2D eigenvalue weighted by atomic mass is 79.9. The lowest BCUT2D eigenvalue weighted by atomic mass is 9.96. The molecule has 3 aromatic rings. The topological polar surface area (TPSA) is 73.6 Å². The van der Waals surface area contributed by atoms with E-state index in [-0.39, 0.29) is 12.2 Å². The third kappa shape index (κ3) is 3.80. The number of pyridine rings is 1. The second kappa shape index (κ2) is 8.49. The third-order valence-corrected chi connectivity index (χ3v) is 6.18. The number of rotatable bonds is 4. The number of hydrogen-bond donors (Lipinski definition) is 0. The molecule has 1 aromatic carbocycles. The number of esters is 1. The number of ether oxygens (including phenoxy) is 1. The normalized spacial score (nSPS) is 16.2. The molecule has 1 aliphatic rings. The zero-order valence-electron chi connectivity index (χ0n) is 16.3. The second-order valence-corrected chi connectivity index (χ2v) is 8.53. The quantitative estimate of drug-likeness (QED) is 0.534. The van der Waals surface area contributed by atoms with Crippen LogP contribution in [-0.2, 0) is 9.53 Å². The molecular weight excluding hydrogens is 466 g/mol. The van der Waals surface area contributed by atoms with Crippen LogP contribution in [0.3, 0.4) is 0 Å². The van der Waals surface area contributed by atoms with E-state index in [2.05, 4.69) is 25.9 Å². The number of aromatic nitrogens is 2.